The second kappa shape index (κ2) is 6.37. The number of pyridine rings is 2. The Morgan fingerprint density at radius 1 is 1.23 bits per heavy atom. The van der Waals surface area contributed by atoms with E-state index in [2.05, 4.69) is 15.3 Å². The van der Waals surface area contributed by atoms with E-state index in [0.717, 1.165) is 29.8 Å². The molecule has 6 nitrogen and oxygen atoms in total. The average molecular weight is 348 g/mol. The third-order valence-corrected chi connectivity index (χ3v) is 4.80. The molecule has 0 aliphatic heterocycles. The molecular formula is C20H20N4O2. The lowest BCUT2D eigenvalue weighted by molar-refractivity contribution is 0.0928. The van der Waals surface area contributed by atoms with Gasteiger partial charge in [0, 0.05) is 18.1 Å². The number of nitrogens with one attached hydrogen (secondary N) is 1. The summed E-state index contributed by atoms with van der Waals surface area (Å²) < 4.78 is 1.46. The van der Waals surface area contributed by atoms with Gasteiger partial charge in [0.25, 0.3) is 11.5 Å². The maximum atomic E-state index is 12.8. The molecule has 3 aromatic heterocycles. The number of carbonyl (C=O) groups excluding carboxylic acids is 1. The predicted octanol–water partition coefficient (Wildman–Crippen LogP) is 2.59. The quantitative estimate of drug-likeness (QED) is 0.786. The van der Waals surface area contributed by atoms with Crippen LogP contribution in [0.1, 0.15) is 46.2 Å². The van der Waals surface area contributed by atoms with Gasteiger partial charge in [0.15, 0.2) is 0 Å². The number of amides is 1. The molecular weight excluding hydrogens is 328 g/mol. The number of rotatable bonds is 4. The Morgan fingerprint density at radius 2 is 2.04 bits per heavy atom. The highest BCUT2D eigenvalue weighted by atomic mass is 16.2. The van der Waals surface area contributed by atoms with Gasteiger partial charge < -0.3 is 5.32 Å². The van der Waals surface area contributed by atoms with E-state index in [-0.39, 0.29) is 17.2 Å². The lowest BCUT2D eigenvalue weighted by Crippen LogP contribution is -2.35. The minimum absolute atomic E-state index is 0.0510. The molecule has 26 heavy (non-hydrogen) atoms. The summed E-state index contributed by atoms with van der Waals surface area (Å²) in [5.74, 6) is -0.0356. The van der Waals surface area contributed by atoms with E-state index in [1.807, 2.05) is 38.1 Å². The summed E-state index contributed by atoms with van der Waals surface area (Å²) in [6.45, 7) is 3.82. The van der Waals surface area contributed by atoms with Gasteiger partial charge in [-0.15, -0.1) is 0 Å². The van der Waals surface area contributed by atoms with Crippen molar-refractivity contribution in [1.29, 1.82) is 0 Å². The van der Waals surface area contributed by atoms with E-state index in [9.17, 15) is 9.59 Å². The zero-order chi connectivity index (χ0) is 18.3. The predicted molar refractivity (Wildman–Crippen MR) is 98.1 cm³/mol. The van der Waals surface area contributed by atoms with E-state index in [1.165, 1.54) is 10.6 Å². The van der Waals surface area contributed by atoms with E-state index >= 15 is 0 Å². The molecule has 1 fully saturated rings. The van der Waals surface area contributed by atoms with Crippen LogP contribution in [-0.2, 0) is 0 Å². The van der Waals surface area contributed by atoms with Gasteiger partial charge in [-0.3, -0.25) is 19.0 Å². The van der Waals surface area contributed by atoms with Crippen LogP contribution in [0.4, 0.5) is 0 Å². The van der Waals surface area contributed by atoms with Gasteiger partial charge in [0.1, 0.15) is 11.2 Å². The van der Waals surface area contributed by atoms with Crippen LogP contribution < -0.4 is 10.9 Å². The lowest BCUT2D eigenvalue weighted by atomic mass is 10.1. The number of fused-ring (bicyclic) bond motifs is 1. The Morgan fingerprint density at radius 3 is 2.77 bits per heavy atom. The van der Waals surface area contributed by atoms with Gasteiger partial charge in [-0.1, -0.05) is 6.07 Å². The zero-order valence-corrected chi connectivity index (χ0v) is 14.8. The van der Waals surface area contributed by atoms with Crippen molar-refractivity contribution < 1.29 is 4.79 Å². The standard InChI is InChI=1S/C20H20N4O2/c1-12-8-9-21-16(10-12)18(14-6-7-14)23-19(25)15-11-22-17-5-3-4-13(2)24(17)20(15)26/h3-5,8-11,14,18H,6-7H2,1-2H3,(H,23,25)/t18-/m0/s1. The third-order valence-electron chi connectivity index (χ3n) is 4.80. The van der Waals surface area contributed by atoms with Crippen molar-refractivity contribution in [1.82, 2.24) is 19.7 Å². The van der Waals surface area contributed by atoms with Crippen molar-refractivity contribution in [3.63, 3.8) is 0 Å². The number of hydrogen-bond donors (Lipinski definition) is 1. The molecule has 1 saturated carbocycles. The van der Waals surface area contributed by atoms with E-state index < -0.39 is 5.91 Å². The third kappa shape index (κ3) is 2.98. The van der Waals surface area contributed by atoms with Crippen molar-refractivity contribution in [3.8, 4) is 0 Å². The molecule has 3 aromatic rings. The van der Waals surface area contributed by atoms with Crippen LogP contribution in [0.3, 0.4) is 0 Å². The molecule has 0 saturated heterocycles. The topological polar surface area (TPSA) is 76.4 Å². The summed E-state index contributed by atoms with van der Waals surface area (Å²) in [5.41, 5.74) is 2.91. The van der Waals surface area contributed by atoms with Crippen LogP contribution in [0, 0.1) is 19.8 Å². The Balaban J connectivity index is 1.69. The second-order valence-corrected chi connectivity index (χ2v) is 6.88. The molecule has 132 valence electrons. The summed E-state index contributed by atoms with van der Waals surface area (Å²) in [7, 11) is 0. The van der Waals surface area contributed by atoms with E-state index in [1.54, 1.807) is 12.3 Å². The van der Waals surface area contributed by atoms with Crippen molar-refractivity contribution in [2.45, 2.75) is 32.7 Å². The van der Waals surface area contributed by atoms with Crippen molar-refractivity contribution in [3.05, 3.63) is 75.6 Å². The van der Waals surface area contributed by atoms with Gasteiger partial charge in [-0.2, -0.15) is 0 Å². The molecule has 6 heteroatoms. The van der Waals surface area contributed by atoms with Gasteiger partial charge in [-0.25, -0.2) is 4.98 Å². The van der Waals surface area contributed by atoms with Gasteiger partial charge in [-0.05, 0) is 62.4 Å². The molecule has 1 aliphatic carbocycles. The zero-order valence-electron chi connectivity index (χ0n) is 14.8. The molecule has 4 rings (SSSR count). The Bertz CT molecular complexity index is 1050. The van der Waals surface area contributed by atoms with Crippen molar-refractivity contribution in [2.75, 3.05) is 0 Å². The first-order valence-corrected chi connectivity index (χ1v) is 8.75. The maximum Gasteiger partial charge on any atom is 0.270 e. The molecule has 0 spiro atoms. The fraction of sp³-hybridized carbons (Fsp3) is 0.300. The van der Waals surface area contributed by atoms with Gasteiger partial charge in [0.05, 0.1) is 11.7 Å². The fourth-order valence-electron chi connectivity index (χ4n) is 3.24. The molecule has 1 atom stereocenters. The minimum Gasteiger partial charge on any atom is -0.343 e. The largest absolute Gasteiger partial charge is 0.343 e. The number of aryl methyl sites for hydroxylation is 2. The molecule has 1 amide bonds. The van der Waals surface area contributed by atoms with E-state index in [0.29, 0.717) is 11.6 Å². The Labute approximate surface area is 150 Å². The summed E-state index contributed by atoms with van der Waals surface area (Å²) in [4.78, 5) is 34.3. The molecule has 0 bridgehead atoms. The number of aromatic nitrogens is 3. The highest BCUT2D eigenvalue weighted by molar-refractivity contribution is 5.94. The molecule has 3 heterocycles. The van der Waals surface area contributed by atoms with Crippen LogP contribution in [0.5, 0.6) is 0 Å². The van der Waals surface area contributed by atoms with Gasteiger partial charge >= 0.3 is 0 Å². The highest BCUT2D eigenvalue weighted by Crippen LogP contribution is 2.40. The SMILES string of the molecule is Cc1ccnc([C@@H](NC(=O)c2cnc3cccc(C)n3c2=O)C2CC2)c1. The van der Waals surface area contributed by atoms with Crippen LogP contribution in [0.25, 0.3) is 5.65 Å². The normalized spacial score (nSPS) is 15.0. The molecule has 1 N–H and O–H groups in total. The number of nitrogens with zero attached hydrogens (tertiary/aromatic N) is 3. The molecule has 0 aromatic carbocycles. The van der Waals surface area contributed by atoms with Crippen molar-refractivity contribution >= 4 is 11.6 Å². The minimum atomic E-state index is -0.402. The summed E-state index contributed by atoms with van der Waals surface area (Å²) >= 11 is 0. The second-order valence-electron chi connectivity index (χ2n) is 6.88. The Hall–Kier alpha value is -3.02. The van der Waals surface area contributed by atoms with Crippen molar-refractivity contribution in [2.24, 2.45) is 5.92 Å². The first-order valence-electron chi connectivity index (χ1n) is 8.75. The first-order chi connectivity index (χ1) is 12.5. The maximum absolute atomic E-state index is 12.8. The summed E-state index contributed by atoms with van der Waals surface area (Å²) in [5, 5.41) is 3.01. The van der Waals surface area contributed by atoms with Crippen LogP contribution in [-0.4, -0.2) is 20.3 Å². The van der Waals surface area contributed by atoms with Crippen LogP contribution in [0.15, 0.2) is 47.5 Å². The summed E-state index contributed by atoms with van der Waals surface area (Å²) in [6.07, 6.45) is 5.21. The number of carbonyl (C=O) groups is 1. The van der Waals surface area contributed by atoms with Crippen LogP contribution in [0.2, 0.25) is 0 Å². The molecule has 1 aliphatic rings. The highest BCUT2D eigenvalue weighted by Gasteiger charge is 2.35. The first kappa shape index (κ1) is 16.4. The van der Waals surface area contributed by atoms with E-state index in [4.69, 9.17) is 0 Å². The Kier molecular flexibility index (Phi) is 4.03. The lowest BCUT2D eigenvalue weighted by Gasteiger charge is -2.18. The average Bonchev–Trinajstić information content (AvgIpc) is 3.44. The van der Waals surface area contributed by atoms with Gasteiger partial charge in [0.2, 0.25) is 0 Å². The fourth-order valence-corrected chi connectivity index (χ4v) is 3.24. The monoisotopic (exact) mass is 348 g/mol. The summed E-state index contributed by atoms with van der Waals surface area (Å²) in [6, 6.07) is 9.14. The smallest absolute Gasteiger partial charge is 0.270 e. The molecule has 0 unspecified atom stereocenters. The van der Waals surface area contributed by atoms with Crippen LogP contribution >= 0.6 is 0 Å². The molecule has 0 radical (unpaired) electrons. The number of hydrogen-bond acceptors (Lipinski definition) is 4.